The number of benzene rings is 3. The highest BCUT2D eigenvalue weighted by Gasteiger charge is 2.19. The van der Waals surface area contributed by atoms with Gasteiger partial charge in [-0.1, -0.05) is 42.5 Å². The van der Waals surface area contributed by atoms with E-state index in [1.807, 2.05) is 25.1 Å². The molecule has 7 rings (SSSR count). The third-order valence-electron chi connectivity index (χ3n) is 7.05. The largest absolute Gasteiger partial charge is 0.437 e. The Kier molecular flexibility index (Phi) is 5.51. The molecule has 1 aliphatic rings. The van der Waals surface area contributed by atoms with E-state index in [0.717, 1.165) is 62.9 Å². The third-order valence-corrected chi connectivity index (χ3v) is 7.05. The van der Waals surface area contributed by atoms with Gasteiger partial charge in [0.2, 0.25) is 5.71 Å². The van der Waals surface area contributed by atoms with E-state index in [2.05, 4.69) is 124 Å². The van der Waals surface area contributed by atoms with Crippen molar-refractivity contribution in [3.05, 3.63) is 121 Å². The van der Waals surface area contributed by atoms with Crippen LogP contribution in [0.1, 0.15) is 5.69 Å². The van der Waals surface area contributed by atoms with E-state index in [4.69, 9.17) is 9.40 Å². The van der Waals surface area contributed by atoms with Crippen molar-refractivity contribution in [2.45, 2.75) is 6.92 Å². The third kappa shape index (κ3) is 4.16. The first-order valence-electron chi connectivity index (χ1n) is 13.0. The molecule has 0 N–H and O–H groups in total. The van der Waals surface area contributed by atoms with Crippen LogP contribution in [-0.2, 0) is 0 Å². The number of hydrogen-bond acceptors (Lipinski definition) is 6. The minimum absolute atomic E-state index is 0.651. The van der Waals surface area contributed by atoms with Gasteiger partial charge in [0.15, 0.2) is 0 Å². The zero-order valence-electron chi connectivity index (χ0n) is 21.8. The predicted molar refractivity (Wildman–Crippen MR) is 158 cm³/mol. The van der Waals surface area contributed by atoms with Crippen LogP contribution < -0.4 is 9.80 Å². The lowest BCUT2D eigenvalue weighted by Gasteiger charge is -2.26. The number of anilines is 4. The molecule has 190 valence electrons. The highest BCUT2D eigenvalue weighted by molar-refractivity contribution is 6.08. The summed E-state index contributed by atoms with van der Waals surface area (Å²) in [6.07, 6.45) is 4.19. The minimum Gasteiger partial charge on any atom is -0.437 e. The van der Waals surface area contributed by atoms with E-state index in [1.165, 1.54) is 0 Å². The monoisotopic (exact) mass is 509 g/mol. The maximum absolute atomic E-state index is 6.29. The summed E-state index contributed by atoms with van der Waals surface area (Å²) in [5.41, 5.74) is 7.36. The molecule has 0 amide bonds. The number of aryl methyl sites for hydroxylation is 1. The quantitative estimate of drug-likeness (QED) is 0.235. The van der Waals surface area contributed by atoms with Crippen molar-refractivity contribution in [1.29, 1.82) is 0 Å². The van der Waals surface area contributed by atoms with Crippen LogP contribution in [0.2, 0.25) is 0 Å². The van der Waals surface area contributed by atoms with Gasteiger partial charge in [0.25, 0.3) is 0 Å². The van der Waals surface area contributed by atoms with Crippen molar-refractivity contribution in [1.82, 2.24) is 14.9 Å². The van der Waals surface area contributed by atoms with Gasteiger partial charge < -0.3 is 14.2 Å². The average Bonchev–Trinajstić information content (AvgIpc) is 3.57. The molecule has 3 aromatic heterocycles. The highest BCUT2D eigenvalue weighted by Crippen LogP contribution is 2.38. The van der Waals surface area contributed by atoms with Gasteiger partial charge >= 0.3 is 0 Å². The Morgan fingerprint density at radius 3 is 2.41 bits per heavy atom. The van der Waals surface area contributed by atoms with E-state index >= 15 is 0 Å². The van der Waals surface area contributed by atoms with Crippen molar-refractivity contribution in [2.75, 3.05) is 23.5 Å². The minimum atomic E-state index is 0.651. The first-order valence-corrected chi connectivity index (χ1v) is 13.0. The van der Waals surface area contributed by atoms with Gasteiger partial charge in [-0.25, -0.2) is 9.97 Å². The maximum atomic E-state index is 6.29. The standard InChI is InChI=1S/C33H27N5O/c1-23-17-18-28-27-13-7-14-29(32(27)39-33(28)34-23)30-15-8-16-31(35-30)38(24-9-4-3-5-10-24)26-12-6-11-25(21-26)37-20-19-36(2)22-37/h3-21H,22H2,1-2H3. The molecule has 0 saturated carbocycles. The van der Waals surface area contributed by atoms with Crippen LogP contribution in [-0.4, -0.2) is 28.6 Å². The summed E-state index contributed by atoms with van der Waals surface area (Å²) < 4.78 is 6.29. The predicted octanol–water partition coefficient (Wildman–Crippen LogP) is 8.00. The molecular weight excluding hydrogens is 482 g/mol. The van der Waals surface area contributed by atoms with Crippen LogP contribution in [0.5, 0.6) is 0 Å². The van der Waals surface area contributed by atoms with Gasteiger partial charge in [-0.15, -0.1) is 0 Å². The summed E-state index contributed by atoms with van der Waals surface area (Å²) in [6, 6.07) is 35.4. The summed E-state index contributed by atoms with van der Waals surface area (Å²) >= 11 is 0. The smallest absolute Gasteiger partial charge is 0.227 e. The van der Waals surface area contributed by atoms with Crippen LogP contribution in [0.25, 0.3) is 33.3 Å². The molecule has 39 heavy (non-hydrogen) atoms. The Morgan fingerprint density at radius 1 is 0.744 bits per heavy atom. The van der Waals surface area contributed by atoms with Crippen molar-refractivity contribution in [3.8, 4) is 11.3 Å². The molecule has 0 saturated heterocycles. The second-order valence-electron chi connectivity index (χ2n) is 9.83. The first kappa shape index (κ1) is 23.0. The molecule has 6 aromatic rings. The van der Waals surface area contributed by atoms with Crippen LogP contribution in [0.4, 0.5) is 22.9 Å². The number of aromatic nitrogens is 2. The molecule has 0 bridgehead atoms. The zero-order chi connectivity index (χ0) is 26.3. The number of nitrogens with zero attached hydrogens (tertiary/aromatic N) is 5. The highest BCUT2D eigenvalue weighted by atomic mass is 16.3. The molecular formula is C33H27N5O. The maximum Gasteiger partial charge on any atom is 0.227 e. The van der Waals surface area contributed by atoms with E-state index in [-0.39, 0.29) is 0 Å². The summed E-state index contributed by atoms with van der Waals surface area (Å²) in [7, 11) is 2.08. The van der Waals surface area contributed by atoms with E-state index < -0.39 is 0 Å². The van der Waals surface area contributed by atoms with Gasteiger partial charge in [0.1, 0.15) is 11.4 Å². The van der Waals surface area contributed by atoms with Gasteiger partial charge in [-0.05, 0) is 67.6 Å². The van der Waals surface area contributed by atoms with Crippen molar-refractivity contribution >= 4 is 44.9 Å². The molecule has 0 atom stereocenters. The van der Waals surface area contributed by atoms with E-state index in [0.29, 0.717) is 5.71 Å². The average molecular weight is 510 g/mol. The topological polar surface area (TPSA) is 48.6 Å². The SMILES string of the molecule is Cc1ccc2c(n1)oc1c(-c3cccc(N(c4ccccc4)c4cccc(N5C=CN(C)C5)c4)n3)cccc12. The van der Waals surface area contributed by atoms with Crippen LogP contribution in [0.3, 0.4) is 0 Å². The fourth-order valence-electron chi connectivity index (χ4n) is 5.17. The fourth-order valence-corrected chi connectivity index (χ4v) is 5.17. The van der Waals surface area contributed by atoms with Gasteiger partial charge in [-0.2, -0.15) is 0 Å². The fraction of sp³-hybridized carbons (Fsp3) is 0.0909. The Morgan fingerprint density at radius 2 is 1.56 bits per heavy atom. The molecule has 6 heteroatoms. The molecule has 0 radical (unpaired) electrons. The van der Waals surface area contributed by atoms with Crippen molar-refractivity contribution in [3.63, 3.8) is 0 Å². The molecule has 6 nitrogen and oxygen atoms in total. The number of fused-ring (bicyclic) bond motifs is 3. The van der Waals surface area contributed by atoms with Gasteiger partial charge in [-0.3, -0.25) is 4.90 Å². The Balaban J connectivity index is 1.36. The number of pyridine rings is 2. The van der Waals surface area contributed by atoms with E-state index in [1.54, 1.807) is 0 Å². The number of hydrogen-bond donors (Lipinski definition) is 0. The van der Waals surface area contributed by atoms with E-state index in [9.17, 15) is 0 Å². The van der Waals surface area contributed by atoms with Crippen molar-refractivity contribution in [2.24, 2.45) is 0 Å². The Hall–Kier alpha value is -5.10. The summed E-state index contributed by atoms with van der Waals surface area (Å²) in [6.45, 7) is 2.79. The molecule has 0 aliphatic carbocycles. The summed E-state index contributed by atoms with van der Waals surface area (Å²) in [5, 5.41) is 2.05. The summed E-state index contributed by atoms with van der Waals surface area (Å²) in [4.78, 5) is 16.4. The summed E-state index contributed by atoms with van der Waals surface area (Å²) in [5.74, 6) is 0.826. The molecule has 0 spiro atoms. The lowest BCUT2D eigenvalue weighted by atomic mass is 10.1. The second-order valence-corrected chi connectivity index (χ2v) is 9.83. The van der Waals surface area contributed by atoms with Gasteiger partial charge in [0.05, 0.1) is 12.4 Å². The Labute approximate surface area is 227 Å². The lowest BCUT2D eigenvalue weighted by molar-refractivity contribution is 0.496. The van der Waals surface area contributed by atoms with Crippen molar-refractivity contribution < 1.29 is 4.42 Å². The zero-order valence-corrected chi connectivity index (χ0v) is 21.8. The number of furan rings is 1. The number of para-hydroxylation sites is 2. The lowest BCUT2D eigenvalue weighted by Crippen LogP contribution is -2.22. The molecule has 0 unspecified atom stereocenters. The van der Waals surface area contributed by atoms with Gasteiger partial charge in [0, 0.05) is 58.5 Å². The molecule has 4 heterocycles. The van der Waals surface area contributed by atoms with Crippen LogP contribution in [0.15, 0.2) is 120 Å². The van der Waals surface area contributed by atoms with Crippen LogP contribution >= 0.6 is 0 Å². The molecule has 3 aromatic carbocycles. The van der Waals surface area contributed by atoms with Crippen LogP contribution in [0, 0.1) is 6.92 Å². The normalized spacial score (nSPS) is 13.1. The first-order chi connectivity index (χ1) is 19.1. The molecule has 1 aliphatic heterocycles. The Bertz CT molecular complexity index is 1840. The number of rotatable bonds is 5. The molecule has 0 fully saturated rings. The second kappa shape index (κ2) is 9.33.